The molecule has 2 rings (SSSR count). The summed E-state index contributed by atoms with van der Waals surface area (Å²) in [5, 5.41) is 2.43. The molecule has 1 aromatic carbocycles. The molecule has 182 valence electrons. The number of aromatic nitrogens is 1. The first-order valence-electron chi connectivity index (χ1n) is 9.88. The van der Waals surface area contributed by atoms with Gasteiger partial charge >= 0.3 is 12.3 Å². The summed E-state index contributed by atoms with van der Waals surface area (Å²) in [5.41, 5.74) is 3.63. The van der Waals surface area contributed by atoms with Gasteiger partial charge in [0.1, 0.15) is 11.4 Å². The summed E-state index contributed by atoms with van der Waals surface area (Å²) >= 11 is 9.71. The Labute approximate surface area is 200 Å². The Bertz CT molecular complexity index is 1040. The molecule has 0 aliphatic carbocycles. The van der Waals surface area contributed by atoms with E-state index in [9.17, 15) is 22.4 Å². The first-order chi connectivity index (χ1) is 14.9. The standard InChI is InChI=1S/C22H26ClF4N3O2S/c1-19(2,3)32-18(31)30-20(4,5)13-9-16(12-6-7-15(24)14(23)8-12)29-17(10-13)21(33,11-28)22(25,26)27/h6-10,33H,11,28H2,1-5H3,(H,30,31). The molecule has 11 heteroatoms. The molecule has 3 N–H and O–H groups in total. The molecule has 0 saturated heterocycles. The van der Waals surface area contributed by atoms with Gasteiger partial charge in [-0.3, -0.25) is 4.98 Å². The number of amides is 1. The van der Waals surface area contributed by atoms with E-state index in [2.05, 4.69) is 22.9 Å². The Balaban J connectivity index is 2.69. The number of rotatable bonds is 5. The Kier molecular flexibility index (Phi) is 7.67. The number of carbonyl (C=O) groups excluding carboxylic acids is 1. The largest absolute Gasteiger partial charge is 0.444 e. The van der Waals surface area contributed by atoms with Crippen molar-refractivity contribution in [2.45, 2.75) is 56.7 Å². The van der Waals surface area contributed by atoms with Crippen molar-refractivity contribution in [3.05, 3.63) is 52.4 Å². The first kappa shape index (κ1) is 27.2. The van der Waals surface area contributed by atoms with Crippen LogP contribution in [-0.4, -0.2) is 29.4 Å². The van der Waals surface area contributed by atoms with Crippen molar-refractivity contribution in [2.75, 3.05) is 6.54 Å². The summed E-state index contributed by atoms with van der Waals surface area (Å²) in [7, 11) is 0. The van der Waals surface area contributed by atoms with Crippen molar-refractivity contribution in [1.82, 2.24) is 10.3 Å². The molecule has 0 spiro atoms. The predicted octanol–water partition coefficient (Wildman–Crippen LogP) is 5.95. The van der Waals surface area contributed by atoms with Crippen LogP contribution in [-0.2, 0) is 15.0 Å². The average Bonchev–Trinajstić information content (AvgIpc) is 2.66. The molecule has 0 radical (unpaired) electrons. The van der Waals surface area contributed by atoms with Gasteiger partial charge in [-0.15, -0.1) is 0 Å². The fourth-order valence-corrected chi connectivity index (χ4v) is 3.20. The molecule has 0 fully saturated rings. The van der Waals surface area contributed by atoms with E-state index in [1.807, 2.05) is 0 Å². The van der Waals surface area contributed by atoms with Crippen LogP contribution in [0.1, 0.15) is 45.9 Å². The van der Waals surface area contributed by atoms with Crippen molar-refractivity contribution in [2.24, 2.45) is 5.73 Å². The van der Waals surface area contributed by atoms with Gasteiger partial charge in [0.2, 0.25) is 0 Å². The molecule has 0 aliphatic rings. The van der Waals surface area contributed by atoms with Crippen LogP contribution in [0.5, 0.6) is 0 Å². The number of thiol groups is 1. The molecule has 0 saturated carbocycles. The quantitative estimate of drug-likeness (QED) is 0.345. The molecule has 5 nitrogen and oxygen atoms in total. The van der Waals surface area contributed by atoms with E-state index < -0.39 is 46.2 Å². The highest BCUT2D eigenvalue weighted by Gasteiger charge is 2.54. The highest BCUT2D eigenvalue weighted by atomic mass is 35.5. The number of alkyl halides is 3. The normalized spacial score (nSPS) is 14.5. The maximum atomic E-state index is 13.9. The molecule has 33 heavy (non-hydrogen) atoms. The highest BCUT2D eigenvalue weighted by molar-refractivity contribution is 7.81. The second-order valence-electron chi connectivity index (χ2n) is 9.07. The lowest BCUT2D eigenvalue weighted by Crippen LogP contribution is -2.46. The van der Waals surface area contributed by atoms with Crippen LogP contribution in [0.4, 0.5) is 22.4 Å². The SMILES string of the molecule is CC(C)(C)OC(=O)NC(C)(C)c1cc(-c2ccc(F)c(Cl)c2)nc(C(S)(CN)C(F)(F)F)c1. The number of pyridine rings is 1. The van der Waals surface area contributed by atoms with Gasteiger partial charge < -0.3 is 15.8 Å². The number of hydrogen-bond donors (Lipinski definition) is 3. The van der Waals surface area contributed by atoms with E-state index in [1.54, 1.807) is 34.6 Å². The molecular formula is C22H26ClF4N3O2S. The van der Waals surface area contributed by atoms with Crippen molar-refractivity contribution in [1.29, 1.82) is 0 Å². The number of alkyl carbamates (subject to hydrolysis) is 1. The van der Waals surface area contributed by atoms with E-state index in [1.165, 1.54) is 24.3 Å². The topological polar surface area (TPSA) is 77.2 Å². The number of carbonyl (C=O) groups is 1. The number of halogens is 5. The Morgan fingerprint density at radius 2 is 1.76 bits per heavy atom. The smallest absolute Gasteiger partial charge is 0.409 e. The molecule has 1 heterocycles. The summed E-state index contributed by atoms with van der Waals surface area (Å²) in [6.07, 6.45) is -5.60. The van der Waals surface area contributed by atoms with E-state index in [4.69, 9.17) is 22.1 Å². The van der Waals surface area contributed by atoms with Crippen LogP contribution in [0, 0.1) is 5.82 Å². The van der Waals surface area contributed by atoms with E-state index >= 15 is 0 Å². The summed E-state index contributed by atoms with van der Waals surface area (Å²) in [4.78, 5) is 16.5. The Morgan fingerprint density at radius 3 is 2.24 bits per heavy atom. The third-order valence-corrected chi connectivity index (χ3v) is 5.72. The van der Waals surface area contributed by atoms with Crippen LogP contribution in [0.15, 0.2) is 30.3 Å². The Morgan fingerprint density at radius 1 is 1.15 bits per heavy atom. The Hall–Kier alpha value is -2.04. The average molecular weight is 508 g/mol. The minimum Gasteiger partial charge on any atom is -0.444 e. The summed E-state index contributed by atoms with van der Waals surface area (Å²) in [6, 6.07) is 6.32. The number of nitrogens with zero attached hydrogens (tertiary/aromatic N) is 1. The van der Waals surface area contributed by atoms with Gasteiger partial charge in [-0.1, -0.05) is 11.6 Å². The molecule has 1 atom stereocenters. The van der Waals surface area contributed by atoms with Crippen LogP contribution in [0.2, 0.25) is 5.02 Å². The number of hydrogen-bond acceptors (Lipinski definition) is 5. The van der Waals surface area contributed by atoms with Gasteiger partial charge in [-0.05, 0) is 70.5 Å². The van der Waals surface area contributed by atoms with Gasteiger partial charge in [0.15, 0.2) is 4.75 Å². The fraction of sp³-hybridized carbons (Fsp3) is 0.455. The zero-order valence-corrected chi connectivity index (χ0v) is 20.4. The number of benzene rings is 1. The van der Waals surface area contributed by atoms with E-state index in [-0.39, 0.29) is 21.8 Å². The van der Waals surface area contributed by atoms with Crippen LogP contribution in [0.3, 0.4) is 0 Å². The van der Waals surface area contributed by atoms with Gasteiger partial charge in [0, 0.05) is 12.1 Å². The molecule has 0 bridgehead atoms. The minimum absolute atomic E-state index is 0.0691. The van der Waals surface area contributed by atoms with Crippen LogP contribution >= 0.6 is 24.2 Å². The lowest BCUT2D eigenvalue weighted by molar-refractivity contribution is -0.159. The first-order valence-corrected chi connectivity index (χ1v) is 10.7. The second kappa shape index (κ2) is 9.31. The molecule has 1 aromatic heterocycles. The second-order valence-corrected chi connectivity index (χ2v) is 10.2. The van der Waals surface area contributed by atoms with Gasteiger partial charge in [-0.25, -0.2) is 9.18 Å². The molecule has 1 unspecified atom stereocenters. The molecule has 2 aromatic rings. The van der Waals surface area contributed by atoms with Gasteiger partial charge in [0.05, 0.1) is 21.9 Å². The number of nitrogens with one attached hydrogen (secondary N) is 1. The number of ether oxygens (including phenoxy) is 1. The van der Waals surface area contributed by atoms with Crippen LogP contribution < -0.4 is 11.1 Å². The lowest BCUT2D eigenvalue weighted by atomic mass is 9.90. The molecule has 1 amide bonds. The summed E-state index contributed by atoms with van der Waals surface area (Å²) in [6.45, 7) is 7.34. The van der Waals surface area contributed by atoms with Gasteiger partial charge in [0.25, 0.3) is 0 Å². The van der Waals surface area contributed by atoms with E-state index in [0.717, 1.165) is 6.07 Å². The predicted molar refractivity (Wildman–Crippen MR) is 123 cm³/mol. The zero-order valence-electron chi connectivity index (χ0n) is 18.8. The van der Waals surface area contributed by atoms with Crippen molar-refractivity contribution < 1.29 is 27.1 Å². The fourth-order valence-electron chi connectivity index (χ4n) is 2.90. The number of nitrogens with two attached hydrogens (primary N) is 1. The maximum Gasteiger partial charge on any atom is 0.409 e. The minimum atomic E-state index is -4.84. The monoisotopic (exact) mass is 507 g/mol. The van der Waals surface area contributed by atoms with Crippen LogP contribution in [0.25, 0.3) is 11.3 Å². The highest BCUT2D eigenvalue weighted by Crippen LogP contribution is 2.44. The van der Waals surface area contributed by atoms with Gasteiger partial charge in [-0.2, -0.15) is 25.8 Å². The van der Waals surface area contributed by atoms with Crippen molar-refractivity contribution >= 4 is 30.3 Å². The molecule has 0 aliphatic heterocycles. The molecular weight excluding hydrogens is 482 g/mol. The van der Waals surface area contributed by atoms with Crippen molar-refractivity contribution in [3.63, 3.8) is 0 Å². The van der Waals surface area contributed by atoms with E-state index in [0.29, 0.717) is 0 Å². The van der Waals surface area contributed by atoms with Crippen molar-refractivity contribution in [3.8, 4) is 11.3 Å². The third kappa shape index (κ3) is 6.30. The summed E-state index contributed by atoms with van der Waals surface area (Å²) < 4.78 is 57.9. The third-order valence-electron chi connectivity index (χ3n) is 4.76. The maximum absolute atomic E-state index is 13.9. The zero-order chi connectivity index (χ0) is 25.4. The lowest BCUT2D eigenvalue weighted by Gasteiger charge is -2.33. The summed E-state index contributed by atoms with van der Waals surface area (Å²) in [5.74, 6) is -0.690.